The van der Waals surface area contributed by atoms with Crippen LogP contribution in [0.1, 0.15) is 32.6 Å². The molecule has 0 heterocycles. The fraction of sp³-hybridized carbons (Fsp3) is 0.545. The van der Waals surface area contributed by atoms with Crippen LogP contribution >= 0.6 is 0 Å². The van der Waals surface area contributed by atoms with E-state index in [0.717, 1.165) is 18.8 Å². The molecule has 67 valence electrons. The van der Waals surface area contributed by atoms with E-state index in [1.165, 1.54) is 19.3 Å². The summed E-state index contributed by atoms with van der Waals surface area (Å²) in [7, 11) is 0. The minimum absolute atomic E-state index is 0.865. The molecule has 0 aliphatic heterocycles. The number of hydrogen-bond donors (Lipinski definition) is 0. The predicted molar refractivity (Wildman–Crippen MR) is 51.6 cm³/mol. The molecule has 0 unspecified atom stereocenters. The highest BCUT2D eigenvalue weighted by molar-refractivity contribution is 5.21. The first-order valence-electron chi connectivity index (χ1n) is 4.76. The third-order valence-electron chi connectivity index (χ3n) is 1.87. The molecule has 0 fully saturated rings. The van der Waals surface area contributed by atoms with Gasteiger partial charge in [0.25, 0.3) is 0 Å². The molecule has 1 radical (unpaired) electrons. The van der Waals surface area contributed by atoms with E-state index >= 15 is 0 Å². The molecule has 0 aromatic rings. The molecular formula is C11H17O. The van der Waals surface area contributed by atoms with Gasteiger partial charge in [0.2, 0.25) is 0 Å². The Hall–Kier alpha value is -0.720. The van der Waals surface area contributed by atoms with Crippen LogP contribution in [-0.4, -0.2) is 6.61 Å². The smallest absolute Gasteiger partial charge is 0.115 e. The molecule has 1 aliphatic carbocycles. The summed E-state index contributed by atoms with van der Waals surface area (Å²) in [6, 6.07) is 0. The fourth-order valence-corrected chi connectivity index (χ4v) is 1.14. The van der Waals surface area contributed by atoms with Crippen molar-refractivity contribution in [2.75, 3.05) is 6.61 Å². The lowest BCUT2D eigenvalue weighted by Crippen LogP contribution is -1.95. The normalized spacial score (nSPS) is 15.9. The second-order valence-corrected chi connectivity index (χ2v) is 2.99. The van der Waals surface area contributed by atoms with E-state index in [2.05, 4.69) is 25.5 Å². The van der Waals surface area contributed by atoms with E-state index in [1.807, 2.05) is 6.08 Å². The fourth-order valence-electron chi connectivity index (χ4n) is 1.14. The van der Waals surface area contributed by atoms with E-state index in [-0.39, 0.29) is 0 Å². The zero-order chi connectivity index (χ0) is 8.65. The number of rotatable bonds is 5. The van der Waals surface area contributed by atoms with Crippen LogP contribution in [0.15, 0.2) is 24.0 Å². The van der Waals surface area contributed by atoms with Gasteiger partial charge in [0, 0.05) is 0 Å². The lowest BCUT2D eigenvalue weighted by atomic mass is 10.2. The van der Waals surface area contributed by atoms with Gasteiger partial charge in [-0.15, -0.1) is 0 Å². The minimum atomic E-state index is 0.865. The van der Waals surface area contributed by atoms with Crippen molar-refractivity contribution in [2.24, 2.45) is 0 Å². The number of unbranched alkanes of at least 4 members (excludes halogenated alkanes) is 2. The van der Waals surface area contributed by atoms with Crippen molar-refractivity contribution in [3.8, 4) is 0 Å². The van der Waals surface area contributed by atoms with Crippen LogP contribution in [0.3, 0.4) is 0 Å². The second kappa shape index (κ2) is 5.87. The Morgan fingerprint density at radius 3 is 3.00 bits per heavy atom. The van der Waals surface area contributed by atoms with Gasteiger partial charge >= 0.3 is 0 Å². The molecule has 1 aliphatic rings. The van der Waals surface area contributed by atoms with Gasteiger partial charge < -0.3 is 4.74 Å². The summed E-state index contributed by atoms with van der Waals surface area (Å²) in [5.74, 6) is 1.04. The van der Waals surface area contributed by atoms with Crippen LogP contribution in [0.4, 0.5) is 0 Å². The maximum Gasteiger partial charge on any atom is 0.115 e. The number of hydrogen-bond acceptors (Lipinski definition) is 1. The molecule has 0 atom stereocenters. The lowest BCUT2D eigenvalue weighted by Gasteiger charge is -2.08. The highest BCUT2D eigenvalue weighted by Gasteiger charge is 1.96. The molecule has 0 amide bonds. The Bertz CT molecular complexity index is 168. The number of ether oxygens (including phenoxy) is 1. The molecule has 0 aromatic carbocycles. The minimum Gasteiger partial charge on any atom is -0.494 e. The van der Waals surface area contributed by atoms with E-state index in [0.29, 0.717) is 0 Å². The summed E-state index contributed by atoms with van der Waals surface area (Å²) in [6.07, 6.45) is 13.0. The van der Waals surface area contributed by atoms with Gasteiger partial charge in [-0.3, -0.25) is 0 Å². The first-order chi connectivity index (χ1) is 5.93. The SMILES string of the molecule is CCCCCOC1=CC[CH]C=C1. The molecule has 0 bridgehead atoms. The van der Waals surface area contributed by atoms with Gasteiger partial charge in [0.1, 0.15) is 5.76 Å². The van der Waals surface area contributed by atoms with Gasteiger partial charge in [0.05, 0.1) is 6.61 Å². The van der Waals surface area contributed by atoms with E-state index in [4.69, 9.17) is 4.74 Å². The van der Waals surface area contributed by atoms with Gasteiger partial charge in [0.15, 0.2) is 0 Å². The Morgan fingerprint density at radius 1 is 1.42 bits per heavy atom. The van der Waals surface area contributed by atoms with Crippen LogP contribution in [-0.2, 0) is 4.74 Å². The Balaban J connectivity index is 2.06. The molecule has 12 heavy (non-hydrogen) atoms. The average molecular weight is 165 g/mol. The lowest BCUT2D eigenvalue weighted by molar-refractivity contribution is 0.216. The highest BCUT2D eigenvalue weighted by Crippen LogP contribution is 2.10. The predicted octanol–water partition coefficient (Wildman–Crippen LogP) is 3.24. The first-order valence-corrected chi connectivity index (χ1v) is 4.76. The molecule has 0 saturated heterocycles. The third kappa shape index (κ3) is 3.61. The third-order valence-corrected chi connectivity index (χ3v) is 1.87. The Kier molecular flexibility index (Phi) is 4.58. The molecular weight excluding hydrogens is 148 g/mol. The van der Waals surface area contributed by atoms with Gasteiger partial charge in [-0.25, -0.2) is 0 Å². The van der Waals surface area contributed by atoms with Crippen LogP contribution in [0.5, 0.6) is 0 Å². The zero-order valence-electron chi connectivity index (χ0n) is 7.75. The van der Waals surface area contributed by atoms with Crippen LogP contribution in [0, 0.1) is 6.42 Å². The summed E-state index contributed by atoms with van der Waals surface area (Å²) >= 11 is 0. The molecule has 0 N–H and O–H groups in total. The van der Waals surface area contributed by atoms with E-state index in [1.54, 1.807) is 0 Å². The molecule has 1 heteroatoms. The van der Waals surface area contributed by atoms with Crippen LogP contribution in [0.25, 0.3) is 0 Å². The van der Waals surface area contributed by atoms with Crippen molar-refractivity contribution < 1.29 is 4.74 Å². The standard InChI is InChI=1S/C11H17O/c1-2-3-7-10-12-11-8-5-4-6-9-11/h4-5,8-9H,2-3,6-7,10H2,1H3. The van der Waals surface area contributed by atoms with Gasteiger partial charge in [-0.1, -0.05) is 25.8 Å². The maximum atomic E-state index is 5.54. The van der Waals surface area contributed by atoms with Gasteiger partial charge in [-0.05, 0) is 31.4 Å². The van der Waals surface area contributed by atoms with Crippen molar-refractivity contribution in [1.29, 1.82) is 0 Å². The maximum absolute atomic E-state index is 5.54. The first kappa shape index (κ1) is 9.37. The Labute approximate surface area is 75.1 Å². The van der Waals surface area contributed by atoms with Gasteiger partial charge in [-0.2, -0.15) is 0 Å². The zero-order valence-corrected chi connectivity index (χ0v) is 7.75. The summed E-state index contributed by atoms with van der Waals surface area (Å²) in [6.45, 7) is 3.07. The van der Waals surface area contributed by atoms with Crippen molar-refractivity contribution in [3.05, 3.63) is 30.4 Å². The van der Waals surface area contributed by atoms with E-state index in [9.17, 15) is 0 Å². The topological polar surface area (TPSA) is 9.23 Å². The number of allylic oxidation sites excluding steroid dienone is 3. The Morgan fingerprint density at radius 2 is 2.33 bits per heavy atom. The van der Waals surface area contributed by atoms with Crippen molar-refractivity contribution >= 4 is 0 Å². The molecule has 0 saturated carbocycles. The molecule has 0 spiro atoms. The summed E-state index contributed by atoms with van der Waals surface area (Å²) < 4.78 is 5.54. The summed E-state index contributed by atoms with van der Waals surface area (Å²) in [5.41, 5.74) is 0. The average Bonchev–Trinajstić information content (AvgIpc) is 2.14. The van der Waals surface area contributed by atoms with Crippen molar-refractivity contribution in [2.45, 2.75) is 32.6 Å². The molecule has 1 rings (SSSR count). The van der Waals surface area contributed by atoms with E-state index < -0.39 is 0 Å². The quantitative estimate of drug-likeness (QED) is 0.568. The largest absolute Gasteiger partial charge is 0.494 e. The van der Waals surface area contributed by atoms with Crippen LogP contribution < -0.4 is 0 Å². The van der Waals surface area contributed by atoms with Crippen molar-refractivity contribution in [1.82, 2.24) is 0 Å². The summed E-state index contributed by atoms with van der Waals surface area (Å²) in [4.78, 5) is 0. The van der Waals surface area contributed by atoms with Crippen molar-refractivity contribution in [3.63, 3.8) is 0 Å². The van der Waals surface area contributed by atoms with Crippen LogP contribution in [0.2, 0.25) is 0 Å². The molecule has 1 nitrogen and oxygen atoms in total. The monoisotopic (exact) mass is 165 g/mol. The molecule has 0 aromatic heterocycles. The second-order valence-electron chi connectivity index (χ2n) is 2.99. The highest BCUT2D eigenvalue weighted by atomic mass is 16.5. The summed E-state index contributed by atoms with van der Waals surface area (Å²) in [5, 5.41) is 0.